The van der Waals surface area contributed by atoms with E-state index in [4.69, 9.17) is 14.2 Å². The maximum absolute atomic E-state index is 12.3. The number of amides is 1. The first-order valence-corrected chi connectivity index (χ1v) is 10.5. The molecule has 4 rings (SSSR count). The Morgan fingerprint density at radius 2 is 1.59 bits per heavy atom. The van der Waals surface area contributed by atoms with Crippen molar-refractivity contribution in [3.63, 3.8) is 0 Å². The Bertz CT molecular complexity index is 1330. The van der Waals surface area contributed by atoms with E-state index in [0.717, 1.165) is 10.8 Å². The van der Waals surface area contributed by atoms with Crippen molar-refractivity contribution in [2.24, 2.45) is 5.10 Å². The van der Waals surface area contributed by atoms with Crippen molar-refractivity contribution < 1.29 is 23.8 Å². The molecule has 1 N–H and O–H groups in total. The molecule has 1 amide bonds. The number of carbonyl (C=O) groups excluding carboxylic acids is 2. The molecular formula is C27H22N2O5. The van der Waals surface area contributed by atoms with Crippen molar-refractivity contribution in [3.8, 4) is 17.2 Å². The molecule has 0 saturated heterocycles. The summed E-state index contributed by atoms with van der Waals surface area (Å²) in [6.45, 7) is -0.171. The van der Waals surface area contributed by atoms with Crippen LogP contribution in [0.15, 0.2) is 96.1 Å². The van der Waals surface area contributed by atoms with Gasteiger partial charge in [-0.25, -0.2) is 10.2 Å². The molecule has 0 atom stereocenters. The number of methoxy groups -OCH3 is 1. The van der Waals surface area contributed by atoms with E-state index < -0.39 is 11.9 Å². The number of nitrogens with zero attached hydrogens (tertiary/aromatic N) is 1. The van der Waals surface area contributed by atoms with Gasteiger partial charge in [0.05, 0.1) is 18.9 Å². The molecule has 4 aromatic carbocycles. The van der Waals surface area contributed by atoms with Gasteiger partial charge in [-0.05, 0) is 64.9 Å². The first kappa shape index (κ1) is 22.5. The third kappa shape index (κ3) is 5.98. The molecule has 0 aromatic heterocycles. The van der Waals surface area contributed by atoms with E-state index in [-0.39, 0.29) is 6.61 Å². The molecule has 0 radical (unpaired) electrons. The maximum atomic E-state index is 12.3. The summed E-state index contributed by atoms with van der Waals surface area (Å²) in [5, 5.41) is 6.07. The summed E-state index contributed by atoms with van der Waals surface area (Å²) in [6, 6.07) is 27.0. The zero-order chi connectivity index (χ0) is 23.8. The lowest BCUT2D eigenvalue weighted by atomic mass is 10.1. The minimum Gasteiger partial charge on any atom is -0.497 e. The van der Waals surface area contributed by atoms with Crippen LogP contribution in [-0.2, 0) is 4.79 Å². The summed E-state index contributed by atoms with van der Waals surface area (Å²) in [7, 11) is 1.56. The van der Waals surface area contributed by atoms with Gasteiger partial charge in [-0.3, -0.25) is 4.79 Å². The lowest BCUT2D eigenvalue weighted by molar-refractivity contribution is -0.123. The fraction of sp³-hybridized carbons (Fsp3) is 0.0741. The molecule has 0 heterocycles. The molecule has 4 aromatic rings. The number of hydrazone groups is 1. The summed E-state index contributed by atoms with van der Waals surface area (Å²) < 4.78 is 16.0. The van der Waals surface area contributed by atoms with Crippen molar-refractivity contribution in [3.05, 3.63) is 102 Å². The Kier molecular flexibility index (Phi) is 7.15. The van der Waals surface area contributed by atoms with Gasteiger partial charge < -0.3 is 14.2 Å². The molecule has 0 spiro atoms. The molecule has 0 aliphatic heterocycles. The number of esters is 1. The van der Waals surface area contributed by atoms with Crippen LogP contribution in [0.25, 0.3) is 10.8 Å². The van der Waals surface area contributed by atoms with Gasteiger partial charge in [0.1, 0.15) is 17.2 Å². The molecule has 7 nitrogen and oxygen atoms in total. The highest BCUT2D eigenvalue weighted by molar-refractivity contribution is 5.91. The van der Waals surface area contributed by atoms with E-state index >= 15 is 0 Å². The number of hydrogen-bond donors (Lipinski definition) is 1. The van der Waals surface area contributed by atoms with Gasteiger partial charge in [0, 0.05) is 0 Å². The highest BCUT2D eigenvalue weighted by Crippen LogP contribution is 2.20. The van der Waals surface area contributed by atoms with Gasteiger partial charge in [-0.15, -0.1) is 0 Å². The fourth-order valence-corrected chi connectivity index (χ4v) is 3.17. The van der Waals surface area contributed by atoms with Gasteiger partial charge in [-0.1, -0.05) is 42.5 Å². The molecule has 7 heteroatoms. The quantitative estimate of drug-likeness (QED) is 0.182. The maximum Gasteiger partial charge on any atom is 0.343 e. The van der Waals surface area contributed by atoms with Crippen molar-refractivity contribution in [1.29, 1.82) is 0 Å². The van der Waals surface area contributed by atoms with Gasteiger partial charge in [0.2, 0.25) is 0 Å². The Morgan fingerprint density at radius 3 is 2.38 bits per heavy atom. The van der Waals surface area contributed by atoms with Crippen LogP contribution in [0.4, 0.5) is 0 Å². The van der Waals surface area contributed by atoms with Crippen LogP contribution in [0.5, 0.6) is 17.2 Å². The number of nitrogens with one attached hydrogen (secondary N) is 1. The van der Waals surface area contributed by atoms with Gasteiger partial charge in [-0.2, -0.15) is 5.10 Å². The molecule has 0 unspecified atom stereocenters. The molecular weight excluding hydrogens is 432 g/mol. The largest absolute Gasteiger partial charge is 0.497 e. The standard InChI is InChI=1S/C27H22N2O5/c1-32-23-12-10-21(11-13-23)27(31)34-25-8-4-5-19(15-25)17-28-29-26(30)18-33-24-14-9-20-6-2-3-7-22(20)16-24/h2-17H,18H2,1H3,(H,29,30)/b28-17-. The molecule has 0 saturated carbocycles. The topological polar surface area (TPSA) is 86.2 Å². The number of benzene rings is 4. The normalized spacial score (nSPS) is 10.7. The molecule has 0 fully saturated rings. The first-order chi connectivity index (χ1) is 16.6. The van der Waals surface area contributed by atoms with Gasteiger partial charge in [0.25, 0.3) is 5.91 Å². The third-order valence-corrected chi connectivity index (χ3v) is 4.89. The van der Waals surface area contributed by atoms with Gasteiger partial charge in [0.15, 0.2) is 6.61 Å². The van der Waals surface area contributed by atoms with Crippen LogP contribution in [0, 0.1) is 0 Å². The van der Waals surface area contributed by atoms with Crippen LogP contribution >= 0.6 is 0 Å². The van der Waals surface area contributed by atoms with Crippen LogP contribution in [0.1, 0.15) is 15.9 Å². The minimum absolute atomic E-state index is 0.171. The van der Waals surface area contributed by atoms with E-state index in [2.05, 4.69) is 10.5 Å². The first-order valence-electron chi connectivity index (χ1n) is 10.5. The smallest absolute Gasteiger partial charge is 0.343 e. The van der Waals surface area contributed by atoms with Crippen LogP contribution < -0.4 is 19.6 Å². The second-order valence-electron chi connectivity index (χ2n) is 7.28. The predicted molar refractivity (Wildman–Crippen MR) is 130 cm³/mol. The summed E-state index contributed by atoms with van der Waals surface area (Å²) >= 11 is 0. The Morgan fingerprint density at radius 1 is 0.824 bits per heavy atom. The highest BCUT2D eigenvalue weighted by atomic mass is 16.5. The number of fused-ring (bicyclic) bond motifs is 1. The van der Waals surface area contributed by atoms with E-state index in [1.165, 1.54) is 6.21 Å². The Labute approximate surface area is 196 Å². The molecule has 34 heavy (non-hydrogen) atoms. The number of ether oxygens (including phenoxy) is 3. The van der Waals surface area contributed by atoms with Crippen molar-refractivity contribution in [2.75, 3.05) is 13.7 Å². The Hall–Kier alpha value is -4.65. The van der Waals surface area contributed by atoms with Gasteiger partial charge >= 0.3 is 5.97 Å². The van der Waals surface area contributed by atoms with E-state index in [0.29, 0.717) is 28.4 Å². The van der Waals surface area contributed by atoms with Crippen LogP contribution in [-0.4, -0.2) is 31.8 Å². The lowest BCUT2D eigenvalue weighted by Gasteiger charge is -2.07. The van der Waals surface area contributed by atoms with Crippen molar-refractivity contribution >= 4 is 28.9 Å². The average molecular weight is 454 g/mol. The average Bonchev–Trinajstić information content (AvgIpc) is 2.87. The molecule has 170 valence electrons. The summed E-state index contributed by atoms with van der Waals surface area (Å²) in [4.78, 5) is 24.4. The monoisotopic (exact) mass is 454 g/mol. The van der Waals surface area contributed by atoms with Crippen LogP contribution in [0.3, 0.4) is 0 Å². The van der Waals surface area contributed by atoms with Crippen molar-refractivity contribution in [1.82, 2.24) is 5.43 Å². The zero-order valence-corrected chi connectivity index (χ0v) is 18.4. The summed E-state index contributed by atoms with van der Waals surface area (Å²) in [5.74, 6) is 0.724. The SMILES string of the molecule is COc1ccc(C(=O)Oc2cccc(/C=N\NC(=O)COc3ccc4ccccc4c3)c2)cc1. The third-order valence-electron chi connectivity index (χ3n) is 4.89. The second-order valence-corrected chi connectivity index (χ2v) is 7.28. The zero-order valence-electron chi connectivity index (χ0n) is 18.4. The van der Waals surface area contributed by atoms with E-state index in [1.54, 1.807) is 55.6 Å². The highest BCUT2D eigenvalue weighted by Gasteiger charge is 2.09. The summed E-state index contributed by atoms with van der Waals surface area (Å²) in [6.07, 6.45) is 1.46. The van der Waals surface area contributed by atoms with E-state index in [1.807, 2.05) is 42.5 Å². The second kappa shape index (κ2) is 10.8. The molecule has 0 bridgehead atoms. The molecule has 0 aliphatic rings. The number of hydrogen-bond acceptors (Lipinski definition) is 6. The fourth-order valence-electron chi connectivity index (χ4n) is 3.17. The lowest BCUT2D eigenvalue weighted by Crippen LogP contribution is -2.24. The Balaban J connectivity index is 1.28. The predicted octanol–water partition coefficient (Wildman–Crippen LogP) is 4.60. The number of carbonyl (C=O) groups is 2. The van der Waals surface area contributed by atoms with Crippen molar-refractivity contribution in [2.45, 2.75) is 0 Å². The van der Waals surface area contributed by atoms with E-state index in [9.17, 15) is 9.59 Å². The summed E-state index contributed by atoms with van der Waals surface area (Å²) in [5.41, 5.74) is 3.47. The minimum atomic E-state index is -0.490. The number of rotatable bonds is 8. The van der Waals surface area contributed by atoms with Crippen LogP contribution in [0.2, 0.25) is 0 Å². The molecule has 0 aliphatic carbocycles.